The molecular formula is C17H19NO3. The lowest BCUT2D eigenvalue weighted by atomic mass is 10.1. The zero-order valence-corrected chi connectivity index (χ0v) is 11.9. The van der Waals surface area contributed by atoms with Crippen molar-refractivity contribution in [3.8, 4) is 5.75 Å². The molecule has 2 atom stereocenters. The van der Waals surface area contributed by atoms with Crippen LogP contribution in [0.3, 0.4) is 0 Å². The molecule has 0 fully saturated rings. The molecule has 0 radical (unpaired) electrons. The molecule has 0 aliphatic carbocycles. The van der Waals surface area contributed by atoms with Crippen LogP contribution in [0.2, 0.25) is 0 Å². The Balaban J connectivity index is 1.81. The number of amides is 1. The van der Waals surface area contributed by atoms with E-state index in [4.69, 9.17) is 4.74 Å². The summed E-state index contributed by atoms with van der Waals surface area (Å²) in [6.45, 7) is 2.19. The Kier molecular flexibility index (Phi) is 5.35. The molecule has 0 spiro atoms. The highest BCUT2D eigenvalue weighted by atomic mass is 16.5. The SMILES string of the molecule is CC(CNC(=O)C(O)c1ccccc1)Oc1ccccc1. The third kappa shape index (κ3) is 4.61. The van der Waals surface area contributed by atoms with E-state index in [1.807, 2.05) is 43.3 Å². The van der Waals surface area contributed by atoms with Crippen LogP contribution in [0.15, 0.2) is 60.7 Å². The van der Waals surface area contributed by atoms with E-state index in [-0.39, 0.29) is 6.10 Å². The van der Waals surface area contributed by atoms with E-state index in [0.29, 0.717) is 12.1 Å². The van der Waals surface area contributed by atoms with Gasteiger partial charge in [0.1, 0.15) is 11.9 Å². The highest BCUT2D eigenvalue weighted by Crippen LogP contribution is 2.13. The van der Waals surface area contributed by atoms with Crippen LogP contribution in [0.4, 0.5) is 0 Å². The normalized spacial score (nSPS) is 13.2. The Morgan fingerprint density at radius 2 is 1.67 bits per heavy atom. The van der Waals surface area contributed by atoms with Gasteiger partial charge in [-0.05, 0) is 24.6 Å². The molecule has 1 amide bonds. The van der Waals surface area contributed by atoms with Gasteiger partial charge in [-0.15, -0.1) is 0 Å². The second kappa shape index (κ2) is 7.45. The third-order valence-corrected chi connectivity index (χ3v) is 3.01. The first-order chi connectivity index (χ1) is 10.2. The molecule has 2 unspecified atom stereocenters. The minimum Gasteiger partial charge on any atom is -0.489 e. The largest absolute Gasteiger partial charge is 0.489 e. The van der Waals surface area contributed by atoms with Gasteiger partial charge in [-0.3, -0.25) is 4.79 Å². The van der Waals surface area contributed by atoms with Crippen LogP contribution in [0.1, 0.15) is 18.6 Å². The monoisotopic (exact) mass is 285 g/mol. The number of carbonyl (C=O) groups excluding carboxylic acids is 1. The molecule has 0 saturated heterocycles. The van der Waals surface area contributed by atoms with Crippen LogP contribution in [0.5, 0.6) is 5.75 Å². The Morgan fingerprint density at radius 1 is 1.10 bits per heavy atom. The molecule has 21 heavy (non-hydrogen) atoms. The molecule has 0 aromatic heterocycles. The topological polar surface area (TPSA) is 58.6 Å². The smallest absolute Gasteiger partial charge is 0.253 e. The van der Waals surface area contributed by atoms with Gasteiger partial charge in [0.05, 0.1) is 6.54 Å². The average molecular weight is 285 g/mol. The van der Waals surface area contributed by atoms with E-state index >= 15 is 0 Å². The molecule has 4 nitrogen and oxygen atoms in total. The summed E-state index contributed by atoms with van der Waals surface area (Å²) in [5.41, 5.74) is 0.576. The van der Waals surface area contributed by atoms with Crippen LogP contribution in [-0.2, 0) is 4.79 Å². The molecule has 2 N–H and O–H groups in total. The lowest BCUT2D eigenvalue weighted by Crippen LogP contribution is -2.36. The zero-order valence-electron chi connectivity index (χ0n) is 11.9. The number of hydrogen-bond donors (Lipinski definition) is 2. The lowest BCUT2D eigenvalue weighted by molar-refractivity contribution is -0.129. The van der Waals surface area contributed by atoms with Crippen LogP contribution < -0.4 is 10.1 Å². The molecule has 110 valence electrons. The Morgan fingerprint density at radius 3 is 2.29 bits per heavy atom. The summed E-state index contributed by atoms with van der Waals surface area (Å²) in [6, 6.07) is 18.2. The van der Waals surface area contributed by atoms with Crippen molar-refractivity contribution in [1.29, 1.82) is 0 Å². The zero-order chi connectivity index (χ0) is 15.1. The van der Waals surface area contributed by atoms with Crippen molar-refractivity contribution >= 4 is 5.91 Å². The van der Waals surface area contributed by atoms with Crippen LogP contribution in [0, 0.1) is 0 Å². The molecule has 0 heterocycles. The van der Waals surface area contributed by atoms with E-state index in [2.05, 4.69) is 5.32 Å². The van der Waals surface area contributed by atoms with Gasteiger partial charge in [-0.1, -0.05) is 48.5 Å². The van der Waals surface area contributed by atoms with E-state index in [0.717, 1.165) is 5.75 Å². The molecule has 0 bridgehead atoms. The fourth-order valence-electron chi connectivity index (χ4n) is 1.90. The van der Waals surface area contributed by atoms with Crippen molar-refractivity contribution in [2.75, 3.05) is 6.54 Å². The molecular weight excluding hydrogens is 266 g/mol. The number of benzene rings is 2. The standard InChI is InChI=1S/C17H19NO3/c1-13(21-15-10-6-3-7-11-15)12-18-17(20)16(19)14-8-4-2-5-9-14/h2-11,13,16,19H,12H2,1H3,(H,18,20). The average Bonchev–Trinajstić information content (AvgIpc) is 2.53. The quantitative estimate of drug-likeness (QED) is 0.856. The maximum atomic E-state index is 11.9. The van der Waals surface area contributed by atoms with Gasteiger partial charge in [0, 0.05) is 0 Å². The number of nitrogens with one attached hydrogen (secondary N) is 1. The summed E-state index contributed by atoms with van der Waals surface area (Å²) in [7, 11) is 0. The van der Waals surface area contributed by atoms with Gasteiger partial charge < -0.3 is 15.2 Å². The highest BCUT2D eigenvalue weighted by Gasteiger charge is 2.17. The predicted molar refractivity (Wildman–Crippen MR) is 80.9 cm³/mol. The second-order valence-electron chi connectivity index (χ2n) is 4.80. The van der Waals surface area contributed by atoms with Gasteiger partial charge in [0.2, 0.25) is 0 Å². The maximum Gasteiger partial charge on any atom is 0.253 e. The Hall–Kier alpha value is -2.33. The van der Waals surface area contributed by atoms with Crippen molar-refractivity contribution in [1.82, 2.24) is 5.32 Å². The number of hydrogen-bond acceptors (Lipinski definition) is 3. The molecule has 0 saturated carbocycles. The first kappa shape index (κ1) is 15.1. The van der Waals surface area contributed by atoms with Crippen molar-refractivity contribution in [2.24, 2.45) is 0 Å². The first-order valence-electron chi connectivity index (χ1n) is 6.89. The fourth-order valence-corrected chi connectivity index (χ4v) is 1.90. The Labute approximate surface area is 124 Å². The van der Waals surface area contributed by atoms with Gasteiger partial charge >= 0.3 is 0 Å². The molecule has 2 rings (SSSR count). The summed E-state index contributed by atoms with van der Waals surface area (Å²) >= 11 is 0. The molecule has 4 heteroatoms. The predicted octanol–water partition coefficient (Wildman–Crippen LogP) is 2.30. The van der Waals surface area contributed by atoms with Crippen LogP contribution in [-0.4, -0.2) is 23.7 Å². The number of ether oxygens (including phenoxy) is 1. The van der Waals surface area contributed by atoms with Gasteiger partial charge in [0.15, 0.2) is 6.10 Å². The number of aliphatic hydroxyl groups excluding tert-OH is 1. The van der Waals surface area contributed by atoms with Crippen molar-refractivity contribution in [3.63, 3.8) is 0 Å². The van der Waals surface area contributed by atoms with Gasteiger partial charge in [-0.2, -0.15) is 0 Å². The molecule has 0 aliphatic heterocycles. The summed E-state index contributed by atoms with van der Waals surface area (Å²) in [5.74, 6) is 0.326. The summed E-state index contributed by atoms with van der Waals surface area (Å²) in [4.78, 5) is 11.9. The third-order valence-electron chi connectivity index (χ3n) is 3.01. The van der Waals surface area contributed by atoms with E-state index in [9.17, 15) is 9.90 Å². The van der Waals surface area contributed by atoms with Crippen LogP contribution >= 0.6 is 0 Å². The minimum atomic E-state index is -1.16. The highest BCUT2D eigenvalue weighted by molar-refractivity contribution is 5.81. The van der Waals surface area contributed by atoms with Gasteiger partial charge in [0.25, 0.3) is 5.91 Å². The fraction of sp³-hybridized carbons (Fsp3) is 0.235. The van der Waals surface area contributed by atoms with E-state index < -0.39 is 12.0 Å². The minimum absolute atomic E-state index is 0.181. The summed E-state index contributed by atoms with van der Waals surface area (Å²) < 4.78 is 5.65. The van der Waals surface area contributed by atoms with Crippen LogP contribution in [0.25, 0.3) is 0 Å². The van der Waals surface area contributed by atoms with E-state index in [1.54, 1.807) is 24.3 Å². The van der Waals surface area contributed by atoms with Crippen molar-refractivity contribution in [2.45, 2.75) is 19.1 Å². The number of rotatable bonds is 6. The number of para-hydroxylation sites is 1. The summed E-state index contributed by atoms with van der Waals surface area (Å²) in [5, 5.41) is 12.6. The first-order valence-corrected chi connectivity index (χ1v) is 6.89. The summed E-state index contributed by atoms with van der Waals surface area (Å²) in [6.07, 6.45) is -1.34. The molecule has 2 aromatic carbocycles. The Bertz CT molecular complexity index is 557. The lowest BCUT2D eigenvalue weighted by Gasteiger charge is -2.17. The van der Waals surface area contributed by atoms with Crippen molar-refractivity contribution in [3.05, 3.63) is 66.2 Å². The van der Waals surface area contributed by atoms with Crippen molar-refractivity contribution < 1.29 is 14.6 Å². The number of aliphatic hydroxyl groups is 1. The number of carbonyl (C=O) groups is 1. The van der Waals surface area contributed by atoms with Gasteiger partial charge in [-0.25, -0.2) is 0 Å². The maximum absolute atomic E-state index is 11.9. The molecule has 2 aromatic rings. The molecule has 0 aliphatic rings. The van der Waals surface area contributed by atoms with E-state index in [1.165, 1.54) is 0 Å². The second-order valence-corrected chi connectivity index (χ2v) is 4.80.